The van der Waals surface area contributed by atoms with E-state index in [9.17, 15) is 4.79 Å². The summed E-state index contributed by atoms with van der Waals surface area (Å²) >= 11 is 0. The van der Waals surface area contributed by atoms with E-state index in [1.807, 2.05) is 54.6 Å². The Hall–Kier alpha value is -2.33. The smallest absolute Gasteiger partial charge is 0.255 e. The molecule has 0 aliphatic rings. The van der Waals surface area contributed by atoms with Crippen LogP contribution >= 0.6 is 0 Å². The van der Waals surface area contributed by atoms with E-state index in [1.54, 1.807) is 5.48 Å². The van der Waals surface area contributed by atoms with Gasteiger partial charge >= 0.3 is 0 Å². The van der Waals surface area contributed by atoms with E-state index in [4.69, 9.17) is 5.21 Å². The third-order valence-electron chi connectivity index (χ3n) is 3.55. The third-order valence-corrected chi connectivity index (χ3v) is 3.55. The fourth-order valence-corrected chi connectivity index (χ4v) is 2.40. The Morgan fingerprint density at radius 2 is 1.70 bits per heavy atom. The number of benzene rings is 2. The molecule has 4 heteroatoms. The summed E-state index contributed by atoms with van der Waals surface area (Å²) in [6, 6.07) is 17.2. The standard InChI is InChI=1S/C19H24N2O2/c1-19(2,3)13-20-16-11-7-10-15(12-16)17(18(22)21-23)14-8-5-4-6-9-14/h4-12,17,20,23H,13H2,1-3H3,(H,21,22). The van der Waals surface area contributed by atoms with Crippen molar-refractivity contribution >= 4 is 11.6 Å². The van der Waals surface area contributed by atoms with Gasteiger partial charge in [0.25, 0.3) is 5.91 Å². The second-order valence-corrected chi connectivity index (χ2v) is 6.86. The number of nitrogens with one attached hydrogen (secondary N) is 2. The molecule has 2 aromatic rings. The van der Waals surface area contributed by atoms with E-state index in [0.717, 1.165) is 23.4 Å². The van der Waals surface area contributed by atoms with Crippen LogP contribution in [0.2, 0.25) is 0 Å². The highest BCUT2D eigenvalue weighted by Gasteiger charge is 2.22. The van der Waals surface area contributed by atoms with Gasteiger partial charge in [0.1, 0.15) is 0 Å². The number of carbonyl (C=O) groups is 1. The first-order valence-electron chi connectivity index (χ1n) is 7.73. The SMILES string of the molecule is CC(C)(C)CNc1cccc(C(C(=O)NO)c2ccccc2)c1. The summed E-state index contributed by atoms with van der Waals surface area (Å²) in [5.74, 6) is -0.984. The van der Waals surface area contributed by atoms with E-state index in [0.29, 0.717) is 0 Å². The summed E-state index contributed by atoms with van der Waals surface area (Å²) in [7, 11) is 0. The Labute approximate surface area is 137 Å². The van der Waals surface area contributed by atoms with Crippen molar-refractivity contribution in [3.05, 3.63) is 65.7 Å². The number of carbonyl (C=O) groups excluding carboxylic acids is 1. The summed E-state index contributed by atoms with van der Waals surface area (Å²) in [4.78, 5) is 12.2. The van der Waals surface area contributed by atoms with Gasteiger partial charge in [-0.3, -0.25) is 10.0 Å². The second kappa shape index (κ2) is 7.29. The van der Waals surface area contributed by atoms with Gasteiger partial charge in [-0.2, -0.15) is 0 Å². The van der Waals surface area contributed by atoms with Crippen LogP contribution in [-0.4, -0.2) is 17.7 Å². The minimum absolute atomic E-state index is 0.164. The third kappa shape index (κ3) is 4.83. The zero-order valence-corrected chi connectivity index (χ0v) is 13.8. The Kier molecular flexibility index (Phi) is 5.40. The van der Waals surface area contributed by atoms with Gasteiger partial charge in [-0.15, -0.1) is 0 Å². The number of rotatable bonds is 5. The number of hydroxylamine groups is 1. The first kappa shape index (κ1) is 17.0. The molecule has 0 fully saturated rings. The maximum Gasteiger partial charge on any atom is 0.255 e. The molecular weight excluding hydrogens is 288 g/mol. The minimum atomic E-state index is -0.544. The summed E-state index contributed by atoms with van der Waals surface area (Å²) in [5, 5.41) is 12.5. The van der Waals surface area contributed by atoms with Crippen molar-refractivity contribution in [2.45, 2.75) is 26.7 Å². The first-order chi connectivity index (χ1) is 10.9. The van der Waals surface area contributed by atoms with Gasteiger partial charge in [0.05, 0.1) is 5.92 Å². The Morgan fingerprint density at radius 3 is 2.30 bits per heavy atom. The number of amides is 1. The van der Waals surface area contributed by atoms with E-state index in [1.165, 1.54) is 0 Å². The van der Waals surface area contributed by atoms with Crippen molar-refractivity contribution in [1.29, 1.82) is 0 Å². The highest BCUT2D eigenvalue weighted by molar-refractivity contribution is 5.86. The molecule has 0 saturated carbocycles. The van der Waals surface area contributed by atoms with E-state index >= 15 is 0 Å². The van der Waals surface area contributed by atoms with Crippen LogP contribution in [0.4, 0.5) is 5.69 Å². The lowest BCUT2D eigenvalue weighted by Gasteiger charge is -2.21. The Balaban J connectivity index is 2.31. The topological polar surface area (TPSA) is 61.4 Å². The lowest BCUT2D eigenvalue weighted by molar-refractivity contribution is -0.129. The van der Waals surface area contributed by atoms with Crippen molar-refractivity contribution in [2.75, 3.05) is 11.9 Å². The quantitative estimate of drug-likeness (QED) is 0.581. The Bertz CT molecular complexity index is 648. The van der Waals surface area contributed by atoms with Gasteiger partial charge < -0.3 is 5.32 Å². The van der Waals surface area contributed by atoms with Crippen LogP contribution in [0.25, 0.3) is 0 Å². The molecule has 0 saturated heterocycles. The van der Waals surface area contributed by atoms with Gasteiger partial charge in [-0.1, -0.05) is 63.2 Å². The maximum atomic E-state index is 12.2. The zero-order valence-electron chi connectivity index (χ0n) is 13.8. The molecule has 4 nitrogen and oxygen atoms in total. The van der Waals surface area contributed by atoms with Crippen molar-refractivity contribution in [3.8, 4) is 0 Å². The average molecular weight is 312 g/mol. The first-order valence-corrected chi connectivity index (χ1v) is 7.73. The zero-order chi connectivity index (χ0) is 16.9. The van der Waals surface area contributed by atoms with E-state index in [2.05, 4.69) is 26.1 Å². The van der Waals surface area contributed by atoms with Crippen LogP contribution < -0.4 is 10.8 Å². The molecule has 0 aliphatic carbocycles. The van der Waals surface area contributed by atoms with Crippen molar-refractivity contribution in [3.63, 3.8) is 0 Å². The molecule has 2 aromatic carbocycles. The molecule has 0 bridgehead atoms. The average Bonchev–Trinajstić information content (AvgIpc) is 2.54. The van der Waals surface area contributed by atoms with Crippen LogP contribution in [0.15, 0.2) is 54.6 Å². The summed E-state index contributed by atoms with van der Waals surface area (Å²) in [6.45, 7) is 7.32. The molecule has 2 rings (SSSR count). The second-order valence-electron chi connectivity index (χ2n) is 6.86. The highest BCUT2D eigenvalue weighted by atomic mass is 16.5. The predicted octanol–water partition coefficient (Wildman–Crippen LogP) is 3.78. The van der Waals surface area contributed by atoms with Gasteiger partial charge in [0.15, 0.2) is 0 Å². The molecule has 122 valence electrons. The van der Waals surface area contributed by atoms with Crippen LogP contribution in [0.1, 0.15) is 37.8 Å². The normalized spacial score (nSPS) is 12.5. The summed E-state index contributed by atoms with van der Waals surface area (Å²) in [6.07, 6.45) is 0. The molecule has 23 heavy (non-hydrogen) atoms. The number of hydrogen-bond donors (Lipinski definition) is 3. The molecule has 0 radical (unpaired) electrons. The van der Waals surface area contributed by atoms with Gasteiger partial charge in [0, 0.05) is 12.2 Å². The largest absolute Gasteiger partial charge is 0.385 e. The highest BCUT2D eigenvalue weighted by Crippen LogP contribution is 2.27. The fraction of sp³-hybridized carbons (Fsp3) is 0.316. The molecule has 3 N–H and O–H groups in total. The van der Waals surface area contributed by atoms with Crippen molar-refractivity contribution in [1.82, 2.24) is 5.48 Å². The van der Waals surface area contributed by atoms with E-state index < -0.39 is 11.8 Å². The molecule has 0 spiro atoms. The Morgan fingerprint density at radius 1 is 1.04 bits per heavy atom. The summed E-state index contributed by atoms with van der Waals surface area (Å²) < 4.78 is 0. The molecule has 0 heterocycles. The molecule has 0 aromatic heterocycles. The fourth-order valence-electron chi connectivity index (χ4n) is 2.40. The minimum Gasteiger partial charge on any atom is -0.385 e. The number of anilines is 1. The summed E-state index contributed by atoms with van der Waals surface area (Å²) in [5.41, 5.74) is 4.58. The molecule has 0 aliphatic heterocycles. The molecule has 1 unspecified atom stereocenters. The van der Waals surface area contributed by atoms with Gasteiger partial charge in [-0.25, -0.2) is 5.48 Å². The maximum absolute atomic E-state index is 12.2. The molecule has 1 atom stereocenters. The molecular formula is C19H24N2O2. The lowest BCUT2D eigenvalue weighted by Crippen LogP contribution is -2.27. The monoisotopic (exact) mass is 312 g/mol. The van der Waals surface area contributed by atoms with Crippen LogP contribution in [-0.2, 0) is 4.79 Å². The van der Waals surface area contributed by atoms with Gasteiger partial charge in [0.2, 0.25) is 0 Å². The van der Waals surface area contributed by atoms with Gasteiger partial charge in [-0.05, 0) is 28.7 Å². The van der Waals surface area contributed by atoms with Crippen molar-refractivity contribution < 1.29 is 10.0 Å². The lowest BCUT2D eigenvalue weighted by atomic mass is 9.90. The predicted molar refractivity (Wildman–Crippen MR) is 92.6 cm³/mol. The van der Waals surface area contributed by atoms with E-state index in [-0.39, 0.29) is 5.41 Å². The number of hydrogen-bond acceptors (Lipinski definition) is 3. The van der Waals surface area contributed by atoms with Crippen LogP contribution in [0.3, 0.4) is 0 Å². The van der Waals surface area contributed by atoms with Crippen molar-refractivity contribution in [2.24, 2.45) is 5.41 Å². The molecule has 1 amide bonds. The van der Waals surface area contributed by atoms with Crippen LogP contribution in [0.5, 0.6) is 0 Å². The van der Waals surface area contributed by atoms with Crippen LogP contribution in [0, 0.1) is 5.41 Å².